The highest BCUT2D eigenvalue weighted by Crippen LogP contribution is 2.59. The molecule has 0 bridgehead atoms. The number of hydrogen-bond acceptors (Lipinski definition) is 4. The van der Waals surface area contributed by atoms with Gasteiger partial charge in [0, 0.05) is 14.2 Å². The predicted molar refractivity (Wildman–Crippen MR) is 57.1 cm³/mol. The summed E-state index contributed by atoms with van der Waals surface area (Å²) < 4.78 is 19.6. The van der Waals surface area contributed by atoms with Crippen LogP contribution in [0.15, 0.2) is 0 Å². The van der Waals surface area contributed by atoms with Gasteiger partial charge in [-0.25, -0.2) is 0 Å². The van der Waals surface area contributed by atoms with Gasteiger partial charge in [-0.05, 0) is 0 Å². The van der Waals surface area contributed by atoms with Gasteiger partial charge in [0.25, 0.3) is 0 Å². The summed E-state index contributed by atoms with van der Waals surface area (Å²) in [5.74, 6) is -1.35. The Kier molecular flexibility index (Phi) is 5.49. The van der Waals surface area contributed by atoms with Crippen molar-refractivity contribution >= 4 is 55.4 Å². The van der Waals surface area contributed by atoms with Crippen molar-refractivity contribution in [2.75, 3.05) is 14.2 Å². The lowest BCUT2D eigenvalue weighted by molar-refractivity contribution is 0.182. The minimum atomic E-state index is -3.48. The predicted octanol–water partition coefficient (Wildman–Crippen LogP) is 2.63. The molecule has 0 aromatic heterocycles. The van der Waals surface area contributed by atoms with Crippen LogP contribution in [0.5, 0.6) is 0 Å². The molecule has 0 amide bonds. The Morgan fingerprint density at radius 1 is 1.33 bits per heavy atom. The Labute approximate surface area is 95.9 Å². The first-order valence-electron chi connectivity index (χ1n) is 2.74. The molecule has 1 N–H and O–H groups in total. The molecule has 0 spiro atoms. The molecule has 0 aliphatic heterocycles. The topological polar surface area (TPSA) is 55.8 Å². The molecule has 0 radical (unpaired) electrons. The van der Waals surface area contributed by atoms with Gasteiger partial charge in [0.2, 0.25) is 0 Å². The maximum atomic E-state index is 11.5. The minimum Gasteiger partial charge on any atom is -0.378 e. The molecule has 0 fully saturated rings. The van der Waals surface area contributed by atoms with Crippen LogP contribution in [0.2, 0.25) is 0 Å². The van der Waals surface area contributed by atoms with Crippen molar-refractivity contribution in [3.63, 3.8) is 0 Å². The van der Waals surface area contributed by atoms with E-state index in [0.29, 0.717) is 0 Å². The largest absolute Gasteiger partial charge is 0.378 e. The molecule has 0 aliphatic rings. The van der Waals surface area contributed by atoms with Crippen molar-refractivity contribution in [3.8, 4) is 0 Å². The molecule has 74 valence electrons. The van der Waals surface area contributed by atoms with Gasteiger partial charge in [0.15, 0.2) is 7.99 Å². The van der Waals surface area contributed by atoms with Gasteiger partial charge in [-0.3, -0.25) is 4.57 Å². The van der Waals surface area contributed by atoms with Crippen LogP contribution in [-0.2, 0) is 13.6 Å². The summed E-state index contributed by atoms with van der Waals surface area (Å²) in [7, 11) is -1.08. The molecular formula is C4H8Br3O4P. The van der Waals surface area contributed by atoms with Crippen molar-refractivity contribution in [1.29, 1.82) is 0 Å². The third kappa shape index (κ3) is 3.36. The van der Waals surface area contributed by atoms with Crippen LogP contribution in [0.3, 0.4) is 0 Å². The molecule has 1 atom stereocenters. The zero-order valence-corrected chi connectivity index (χ0v) is 12.0. The molecule has 0 saturated heterocycles. The zero-order valence-electron chi connectivity index (χ0n) is 6.33. The minimum absolute atomic E-state index is 1.07. The number of aliphatic hydroxyl groups is 1. The van der Waals surface area contributed by atoms with E-state index in [4.69, 9.17) is 0 Å². The number of halogens is 3. The van der Waals surface area contributed by atoms with Crippen LogP contribution in [-0.4, -0.2) is 27.3 Å². The molecule has 0 saturated carbocycles. The molecule has 0 rings (SSSR count). The Bertz CT molecular complexity index is 183. The molecule has 0 aliphatic carbocycles. The second-order valence-electron chi connectivity index (χ2n) is 1.82. The van der Waals surface area contributed by atoms with E-state index in [1.807, 2.05) is 0 Å². The van der Waals surface area contributed by atoms with Crippen LogP contribution in [0.1, 0.15) is 0 Å². The van der Waals surface area contributed by atoms with Gasteiger partial charge >= 0.3 is 7.60 Å². The lowest BCUT2D eigenvalue weighted by Gasteiger charge is -2.25. The molecule has 0 unspecified atom stereocenters. The van der Waals surface area contributed by atoms with Crippen LogP contribution < -0.4 is 0 Å². The molecule has 4 nitrogen and oxygen atoms in total. The first-order valence-corrected chi connectivity index (χ1v) is 6.73. The Morgan fingerprint density at radius 3 is 1.75 bits per heavy atom. The third-order valence-electron chi connectivity index (χ3n) is 1.10. The van der Waals surface area contributed by atoms with E-state index in [1.165, 1.54) is 14.2 Å². The average molecular weight is 391 g/mol. The van der Waals surface area contributed by atoms with Gasteiger partial charge in [0.1, 0.15) is 0 Å². The highest BCUT2D eigenvalue weighted by Gasteiger charge is 2.45. The van der Waals surface area contributed by atoms with Crippen molar-refractivity contribution in [1.82, 2.24) is 0 Å². The van der Waals surface area contributed by atoms with Crippen LogP contribution in [0.25, 0.3) is 0 Å². The number of alkyl halides is 3. The van der Waals surface area contributed by atoms with Gasteiger partial charge < -0.3 is 14.2 Å². The maximum absolute atomic E-state index is 11.5. The van der Waals surface area contributed by atoms with Gasteiger partial charge in [-0.15, -0.1) is 0 Å². The van der Waals surface area contributed by atoms with Crippen LogP contribution in [0, 0.1) is 0 Å². The van der Waals surface area contributed by atoms with Gasteiger partial charge in [-0.1, -0.05) is 47.8 Å². The van der Waals surface area contributed by atoms with Crippen LogP contribution in [0.4, 0.5) is 0 Å². The molecule has 0 aromatic carbocycles. The molecule has 12 heavy (non-hydrogen) atoms. The second-order valence-corrected chi connectivity index (χ2v) is 11.1. The lowest BCUT2D eigenvalue weighted by atomic mass is 10.9. The summed E-state index contributed by atoms with van der Waals surface area (Å²) in [6, 6.07) is 0. The summed E-state index contributed by atoms with van der Waals surface area (Å²) in [5.41, 5.74) is 0. The van der Waals surface area contributed by atoms with E-state index in [1.54, 1.807) is 0 Å². The fourth-order valence-electron chi connectivity index (χ4n) is 0.454. The normalized spacial score (nSPS) is 16.2. The van der Waals surface area contributed by atoms with E-state index in [0.717, 1.165) is 0 Å². The molecule has 0 heterocycles. The molecular weight excluding hydrogens is 383 g/mol. The van der Waals surface area contributed by atoms with E-state index in [2.05, 4.69) is 56.8 Å². The summed E-state index contributed by atoms with van der Waals surface area (Å²) in [6.07, 6.45) is 0. The van der Waals surface area contributed by atoms with Crippen molar-refractivity contribution in [2.24, 2.45) is 0 Å². The third-order valence-corrected chi connectivity index (χ3v) is 5.47. The van der Waals surface area contributed by atoms with E-state index >= 15 is 0 Å². The summed E-state index contributed by atoms with van der Waals surface area (Å²) in [6.45, 7) is 0. The first kappa shape index (κ1) is 13.5. The summed E-state index contributed by atoms with van der Waals surface area (Å²) >= 11 is 9.04. The number of rotatable bonds is 3. The smallest absolute Gasteiger partial charge is 0.361 e. The first-order chi connectivity index (χ1) is 5.28. The number of aliphatic hydroxyl groups excluding tert-OH is 1. The SMILES string of the molecule is COP(=O)(OC)[C@@H](O)C(Br)(Br)Br. The van der Waals surface area contributed by atoms with E-state index in [9.17, 15) is 9.67 Å². The zero-order chi connectivity index (χ0) is 9.99. The van der Waals surface area contributed by atoms with E-state index in [-0.39, 0.29) is 0 Å². The number of hydrogen-bond donors (Lipinski definition) is 1. The fraction of sp³-hybridized carbons (Fsp3) is 1.00. The second kappa shape index (κ2) is 4.87. The van der Waals surface area contributed by atoms with Gasteiger partial charge in [-0.2, -0.15) is 0 Å². The summed E-state index contributed by atoms with van der Waals surface area (Å²) in [5, 5.41) is 9.45. The summed E-state index contributed by atoms with van der Waals surface area (Å²) in [4.78, 5) is 0. The molecule has 0 aromatic rings. The van der Waals surface area contributed by atoms with Gasteiger partial charge in [0.05, 0.1) is 0 Å². The van der Waals surface area contributed by atoms with Crippen molar-refractivity contribution in [3.05, 3.63) is 0 Å². The standard InChI is InChI=1S/C4H8Br3O4P/c1-10-12(9,11-2)3(8)4(5,6)7/h3,8H,1-2H3/t3-/m1/s1. The Balaban J connectivity index is 4.66. The highest BCUT2D eigenvalue weighted by molar-refractivity contribution is 9.39. The molecule has 8 heteroatoms. The highest BCUT2D eigenvalue weighted by atomic mass is 80.0. The average Bonchev–Trinajstić information content (AvgIpc) is 2.00. The Hall–Kier alpha value is 1.55. The van der Waals surface area contributed by atoms with E-state index < -0.39 is 15.6 Å². The fourth-order valence-corrected chi connectivity index (χ4v) is 3.62. The van der Waals surface area contributed by atoms with Crippen molar-refractivity contribution in [2.45, 2.75) is 7.99 Å². The lowest BCUT2D eigenvalue weighted by Crippen LogP contribution is -2.24. The Morgan fingerprint density at radius 2 is 1.67 bits per heavy atom. The monoisotopic (exact) mass is 388 g/mol. The van der Waals surface area contributed by atoms with Crippen molar-refractivity contribution < 1.29 is 18.7 Å². The van der Waals surface area contributed by atoms with Crippen LogP contribution >= 0.6 is 55.4 Å². The maximum Gasteiger partial charge on any atom is 0.361 e. The quantitative estimate of drug-likeness (QED) is 0.594.